The van der Waals surface area contributed by atoms with Crippen LogP contribution in [0.2, 0.25) is 0 Å². The maximum Gasteiger partial charge on any atom is 0.253 e. The minimum absolute atomic E-state index is 0. The number of rotatable bonds is 2. The van der Waals surface area contributed by atoms with E-state index in [-0.39, 0.29) is 24.4 Å². The molecule has 1 aliphatic heterocycles. The number of benzene rings is 1. The summed E-state index contributed by atoms with van der Waals surface area (Å²) in [4.78, 5) is 14.2. The van der Waals surface area contributed by atoms with Crippen molar-refractivity contribution in [2.45, 2.75) is 18.9 Å². The second-order valence-electron chi connectivity index (χ2n) is 4.93. The van der Waals surface area contributed by atoms with E-state index in [4.69, 9.17) is 5.73 Å². The Kier molecular flexibility index (Phi) is 4.87. The molecule has 21 heavy (non-hydrogen) atoms. The summed E-state index contributed by atoms with van der Waals surface area (Å²) in [6.45, 7) is 1.46. The third kappa shape index (κ3) is 3.37. The van der Waals surface area contributed by atoms with Crippen molar-refractivity contribution in [2.24, 2.45) is 5.73 Å². The van der Waals surface area contributed by atoms with Crippen LogP contribution in [-0.4, -0.2) is 50.1 Å². The number of nitrogens with two attached hydrogens (primary N) is 1. The lowest BCUT2D eigenvalue weighted by molar-refractivity contribution is 0.0715. The van der Waals surface area contributed by atoms with Crippen molar-refractivity contribution in [3.05, 3.63) is 36.2 Å². The van der Waals surface area contributed by atoms with Gasteiger partial charge in [-0.25, -0.2) is 4.68 Å². The number of carbonyl (C=O) groups excluding carboxylic acids is 1. The van der Waals surface area contributed by atoms with Gasteiger partial charge in [0.15, 0.2) is 0 Å². The highest BCUT2D eigenvalue weighted by molar-refractivity contribution is 5.94. The number of hydrogen-bond donors (Lipinski definition) is 1. The van der Waals surface area contributed by atoms with Crippen LogP contribution in [0, 0.1) is 0 Å². The highest BCUT2D eigenvalue weighted by Gasteiger charge is 2.21. The van der Waals surface area contributed by atoms with Crippen LogP contribution < -0.4 is 5.73 Å². The van der Waals surface area contributed by atoms with Gasteiger partial charge >= 0.3 is 0 Å². The number of carbonyl (C=O) groups is 1. The zero-order chi connectivity index (χ0) is 13.9. The summed E-state index contributed by atoms with van der Waals surface area (Å²) in [6, 6.07) is 7.49. The highest BCUT2D eigenvalue weighted by Crippen LogP contribution is 2.14. The van der Waals surface area contributed by atoms with E-state index in [0.717, 1.165) is 31.6 Å². The van der Waals surface area contributed by atoms with Crippen LogP contribution in [0.25, 0.3) is 5.69 Å². The summed E-state index contributed by atoms with van der Waals surface area (Å²) in [5.41, 5.74) is 7.35. The molecule has 0 radical (unpaired) electrons. The fourth-order valence-corrected chi connectivity index (χ4v) is 2.32. The molecule has 1 aliphatic rings. The molecule has 1 aromatic carbocycles. The number of nitrogens with zero attached hydrogens (tertiary/aromatic N) is 5. The molecule has 0 aliphatic carbocycles. The van der Waals surface area contributed by atoms with E-state index in [1.54, 1.807) is 16.8 Å². The van der Waals surface area contributed by atoms with Crippen molar-refractivity contribution >= 4 is 18.3 Å². The van der Waals surface area contributed by atoms with Crippen molar-refractivity contribution in [3.63, 3.8) is 0 Å². The van der Waals surface area contributed by atoms with Crippen LogP contribution >= 0.6 is 12.4 Å². The summed E-state index contributed by atoms with van der Waals surface area (Å²) in [6.07, 6.45) is 3.26. The van der Waals surface area contributed by atoms with E-state index >= 15 is 0 Å². The molecule has 1 aromatic heterocycles. The molecule has 2 heterocycles. The first-order valence-electron chi connectivity index (χ1n) is 6.62. The van der Waals surface area contributed by atoms with Crippen LogP contribution in [0.5, 0.6) is 0 Å². The molecular weight excluding hydrogens is 292 g/mol. The smallest absolute Gasteiger partial charge is 0.253 e. The van der Waals surface area contributed by atoms with Crippen molar-refractivity contribution in [3.8, 4) is 5.69 Å². The third-order valence-electron chi connectivity index (χ3n) is 3.55. The normalized spacial score (nSPS) is 15.6. The molecule has 0 spiro atoms. The molecule has 0 bridgehead atoms. The van der Waals surface area contributed by atoms with E-state index < -0.39 is 0 Å². The monoisotopic (exact) mass is 308 g/mol. The Hall–Kier alpha value is -1.99. The van der Waals surface area contributed by atoms with Gasteiger partial charge in [0, 0.05) is 24.7 Å². The Morgan fingerprint density at radius 1 is 1.19 bits per heavy atom. The molecule has 2 N–H and O–H groups in total. The summed E-state index contributed by atoms with van der Waals surface area (Å²) < 4.78 is 1.55. The average molecular weight is 309 g/mol. The maximum absolute atomic E-state index is 12.3. The molecule has 1 saturated heterocycles. The second-order valence-corrected chi connectivity index (χ2v) is 4.93. The van der Waals surface area contributed by atoms with E-state index in [2.05, 4.69) is 15.5 Å². The maximum atomic E-state index is 12.3. The number of aromatic nitrogens is 4. The minimum atomic E-state index is 0. The second kappa shape index (κ2) is 6.64. The average Bonchev–Trinajstić information content (AvgIpc) is 3.02. The van der Waals surface area contributed by atoms with Gasteiger partial charge in [0.05, 0.1) is 5.69 Å². The van der Waals surface area contributed by atoms with Gasteiger partial charge in [-0.2, -0.15) is 0 Å². The van der Waals surface area contributed by atoms with Gasteiger partial charge < -0.3 is 10.6 Å². The Morgan fingerprint density at radius 3 is 2.43 bits per heavy atom. The van der Waals surface area contributed by atoms with Crippen LogP contribution in [0.4, 0.5) is 0 Å². The zero-order valence-corrected chi connectivity index (χ0v) is 12.2. The van der Waals surface area contributed by atoms with Gasteiger partial charge in [-0.3, -0.25) is 4.79 Å². The molecule has 2 aromatic rings. The summed E-state index contributed by atoms with van der Waals surface area (Å²) in [5.74, 6) is 0.0557. The molecule has 7 nitrogen and oxygen atoms in total. The molecule has 0 atom stereocenters. The molecular formula is C13H17ClN6O. The molecule has 3 rings (SSSR count). The topological polar surface area (TPSA) is 89.9 Å². The fraction of sp³-hybridized carbons (Fsp3) is 0.385. The quantitative estimate of drug-likeness (QED) is 0.879. The lowest BCUT2D eigenvalue weighted by Crippen LogP contribution is -2.42. The Balaban J connectivity index is 0.00000161. The standard InChI is InChI=1S/C13H16N6O.ClH/c14-11-5-7-18(8-6-11)13(20)10-1-3-12(4-2-10)19-9-15-16-17-19;/h1-4,9,11H,5-8,14H2;1H. The Bertz CT molecular complexity index is 577. The lowest BCUT2D eigenvalue weighted by Gasteiger charge is -2.30. The number of hydrogen-bond acceptors (Lipinski definition) is 5. The fourth-order valence-electron chi connectivity index (χ4n) is 2.32. The summed E-state index contributed by atoms with van der Waals surface area (Å²) in [7, 11) is 0. The van der Waals surface area contributed by atoms with Crippen LogP contribution in [0.3, 0.4) is 0 Å². The first-order chi connectivity index (χ1) is 9.74. The summed E-state index contributed by atoms with van der Waals surface area (Å²) >= 11 is 0. The van der Waals surface area contributed by atoms with Gasteiger partial charge in [0.1, 0.15) is 6.33 Å². The molecule has 0 saturated carbocycles. The van der Waals surface area contributed by atoms with Crippen LogP contribution in [0.1, 0.15) is 23.2 Å². The lowest BCUT2D eigenvalue weighted by atomic mass is 10.0. The van der Waals surface area contributed by atoms with Crippen molar-refractivity contribution in [2.75, 3.05) is 13.1 Å². The number of likely N-dealkylation sites (tertiary alicyclic amines) is 1. The number of piperidine rings is 1. The molecule has 8 heteroatoms. The first-order valence-corrected chi connectivity index (χ1v) is 6.62. The SMILES string of the molecule is Cl.NC1CCN(C(=O)c2ccc(-n3cnnn3)cc2)CC1. The molecule has 1 fully saturated rings. The Morgan fingerprint density at radius 2 is 1.86 bits per heavy atom. The van der Waals surface area contributed by atoms with Crippen molar-refractivity contribution in [1.29, 1.82) is 0 Å². The summed E-state index contributed by atoms with van der Waals surface area (Å²) in [5, 5.41) is 11.0. The van der Waals surface area contributed by atoms with Crippen molar-refractivity contribution < 1.29 is 4.79 Å². The molecule has 1 amide bonds. The number of amides is 1. The van der Waals surface area contributed by atoms with Crippen LogP contribution in [0.15, 0.2) is 30.6 Å². The predicted molar refractivity (Wildman–Crippen MR) is 79.5 cm³/mol. The molecule has 112 valence electrons. The first kappa shape index (κ1) is 15.4. The van der Waals surface area contributed by atoms with Gasteiger partial charge in [0.25, 0.3) is 5.91 Å². The van der Waals surface area contributed by atoms with Gasteiger partial charge in [0.2, 0.25) is 0 Å². The number of halogens is 1. The van der Waals surface area contributed by atoms with Gasteiger partial charge in [-0.15, -0.1) is 17.5 Å². The zero-order valence-electron chi connectivity index (χ0n) is 11.4. The van der Waals surface area contributed by atoms with E-state index in [1.807, 2.05) is 17.0 Å². The van der Waals surface area contributed by atoms with Crippen LogP contribution in [-0.2, 0) is 0 Å². The van der Waals surface area contributed by atoms with Gasteiger partial charge in [-0.05, 0) is 47.5 Å². The van der Waals surface area contributed by atoms with E-state index in [9.17, 15) is 4.79 Å². The van der Waals surface area contributed by atoms with Crippen molar-refractivity contribution in [1.82, 2.24) is 25.1 Å². The largest absolute Gasteiger partial charge is 0.339 e. The molecule has 0 unspecified atom stereocenters. The van der Waals surface area contributed by atoms with Gasteiger partial charge in [-0.1, -0.05) is 0 Å². The Labute approximate surface area is 128 Å². The highest BCUT2D eigenvalue weighted by atomic mass is 35.5. The number of tetrazole rings is 1. The van der Waals surface area contributed by atoms with E-state index in [1.165, 1.54) is 6.33 Å². The predicted octanol–water partition coefficient (Wildman–Crippen LogP) is 0.647. The third-order valence-corrected chi connectivity index (χ3v) is 3.55. The van der Waals surface area contributed by atoms with E-state index in [0.29, 0.717) is 5.56 Å². The minimum Gasteiger partial charge on any atom is -0.339 e.